The van der Waals surface area contributed by atoms with Crippen LogP contribution in [0, 0.1) is 0 Å². The Morgan fingerprint density at radius 2 is 1.71 bits per heavy atom. The van der Waals surface area contributed by atoms with Crippen LogP contribution in [-0.2, 0) is 10.0 Å². The van der Waals surface area contributed by atoms with Gasteiger partial charge in [-0.2, -0.15) is 4.31 Å². The molecule has 9 nitrogen and oxygen atoms in total. The Kier molecular flexibility index (Phi) is 8.02. The Morgan fingerprint density at radius 1 is 1.00 bits per heavy atom. The van der Waals surface area contributed by atoms with Gasteiger partial charge in [-0.1, -0.05) is 13.3 Å². The number of aromatic amines is 1. The van der Waals surface area contributed by atoms with E-state index in [4.69, 9.17) is 0 Å². The number of pyridine rings is 1. The van der Waals surface area contributed by atoms with Crippen LogP contribution in [0.5, 0.6) is 0 Å². The Bertz CT molecular complexity index is 1170. The van der Waals surface area contributed by atoms with Gasteiger partial charge in [-0.25, -0.2) is 8.42 Å². The topological polar surface area (TPSA) is 106 Å². The number of hydrogen-bond donors (Lipinski definition) is 2. The molecule has 0 atom stereocenters. The zero-order valence-electron chi connectivity index (χ0n) is 19.9. The lowest BCUT2D eigenvalue weighted by Gasteiger charge is -2.33. The van der Waals surface area contributed by atoms with Crippen LogP contribution in [0.3, 0.4) is 0 Å². The van der Waals surface area contributed by atoms with Gasteiger partial charge in [0.1, 0.15) is 0 Å². The number of H-pyrrole nitrogens is 1. The molecule has 0 saturated carbocycles. The van der Waals surface area contributed by atoms with E-state index >= 15 is 0 Å². The number of sulfonamides is 1. The highest BCUT2D eigenvalue weighted by Gasteiger charge is 2.26. The van der Waals surface area contributed by atoms with Crippen molar-refractivity contribution >= 4 is 26.8 Å². The van der Waals surface area contributed by atoms with Crippen LogP contribution >= 0.6 is 0 Å². The summed E-state index contributed by atoms with van der Waals surface area (Å²) in [6.45, 7) is 9.89. The van der Waals surface area contributed by atoms with Gasteiger partial charge in [0.25, 0.3) is 5.91 Å². The first-order valence-corrected chi connectivity index (χ1v) is 13.7. The third-order valence-corrected chi connectivity index (χ3v) is 8.76. The Morgan fingerprint density at radius 3 is 2.41 bits per heavy atom. The maximum Gasteiger partial charge on any atom is 0.252 e. The fraction of sp³-hybridized carbons (Fsp3) is 0.583. The molecule has 0 bridgehead atoms. The Hall–Kier alpha value is -2.27. The molecule has 2 saturated heterocycles. The molecule has 1 amide bonds. The van der Waals surface area contributed by atoms with Gasteiger partial charge in [0.15, 0.2) is 0 Å². The normalized spacial score (nSPS) is 18.9. The van der Waals surface area contributed by atoms with E-state index in [1.807, 2.05) is 0 Å². The lowest BCUT2D eigenvalue weighted by Crippen LogP contribution is -2.46. The number of carbonyl (C=O) groups is 1. The van der Waals surface area contributed by atoms with Crippen molar-refractivity contribution in [1.29, 1.82) is 0 Å². The molecular formula is C24H35N5O4S. The predicted molar refractivity (Wildman–Crippen MR) is 133 cm³/mol. The molecule has 0 radical (unpaired) electrons. The number of rotatable bonds is 8. The standard InChI is InChI=1S/C24H35N5O4S/c1-2-27-13-15-28(16-14-27)10-6-9-25-24(31)21-18-23(30)26-22-8-7-19(17-20(21)22)34(32,33)29-11-4-3-5-12-29/h7-8,17-18H,2-6,9-16H2,1H3,(H,25,31)(H,26,30). The lowest BCUT2D eigenvalue weighted by molar-refractivity contribution is 0.0949. The summed E-state index contributed by atoms with van der Waals surface area (Å²) in [5.74, 6) is -0.362. The maximum atomic E-state index is 13.1. The minimum atomic E-state index is -3.64. The fourth-order valence-corrected chi connectivity index (χ4v) is 6.31. The van der Waals surface area contributed by atoms with Gasteiger partial charge in [-0.3, -0.25) is 9.59 Å². The van der Waals surface area contributed by atoms with Gasteiger partial charge in [0, 0.05) is 62.8 Å². The van der Waals surface area contributed by atoms with E-state index in [1.165, 1.54) is 22.5 Å². The smallest absolute Gasteiger partial charge is 0.252 e. The third-order valence-electron chi connectivity index (χ3n) is 6.86. The number of likely N-dealkylation sites (N-methyl/N-ethyl adjacent to an activating group) is 1. The van der Waals surface area contributed by atoms with Crippen LogP contribution in [0.1, 0.15) is 43.0 Å². The number of nitrogens with zero attached hydrogens (tertiary/aromatic N) is 3. The monoisotopic (exact) mass is 489 g/mol. The van der Waals surface area contributed by atoms with Crippen molar-refractivity contribution < 1.29 is 13.2 Å². The van der Waals surface area contributed by atoms with Crippen molar-refractivity contribution in [1.82, 2.24) is 24.4 Å². The highest BCUT2D eigenvalue weighted by Crippen LogP contribution is 2.25. The number of amides is 1. The Balaban J connectivity index is 1.45. The second kappa shape index (κ2) is 11.0. The predicted octanol–water partition coefficient (Wildman–Crippen LogP) is 1.46. The van der Waals surface area contributed by atoms with Crippen molar-refractivity contribution in [2.45, 2.75) is 37.5 Å². The van der Waals surface area contributed by atoms with E-state index < -0.39 is 15.6 Å². The first kappa shape index (κ1) is 24.8. The summed E-state index contributed by atoms with van der Waals surface area (Å²) in [4.78, 5) is 32.8. The lowest BCUT2D eigenvalue weighted by atomic mass is 10.1. The first-order valence-electron chi connectivity index (χ1n) is 12.3. The maximum absolute atomic E-state index is 13.1. The van der Waals surface area contributed by atoms with Gasteiger partial charge in [0.2, 0.25) is 15.6 Å². The molecule has 2 aliphatic rings. The van der Waals surface area contributed by atoms with Crippen molar-refractivity contribution in [2.24, 2.45) is 0 Å². The van der Waals surface area contributed by atoms with Crippen LogP contribution in [0.4, 0.5) is 0 Å². The molecule has 1 aromatic heterocycles. The zero-order valence-corrected chi connectivity index (χ0v) is 20.7. The molecule has 2 N–H and O–H groups in total. The van der Waals surface area contributed by atoms with E-state index in [0.717, 1.165) is 65.0 Å². The highest BCUT2D eigenvalue weighted by molar-refractivity contribution is 7.89. The summed E-state index contributed by atoms with van der Waals surface area (Å²) >= 11 is 0. The largest absolute Gasteiger partial charge is 0.352 e. The summed E-state index contributed by atoms with van der Waals surface area (Å²) < 4.78 is 27.8. The number of benzene rings is 1. The van der Waals surface area contributed by atoms with E-state index in [9.17, 15) is 18.0 Å². The van der Waals surface area contributed by atoms with E-state index in [-0.39, 0.29) is 16.4 Å². The number of aromatic nitrogens is 1. The second-order valence-electron chi connectivity index (χ2n) is 9.10. The average Bonchev–Trinajstić information content (AvgIpc) is 2.86. The number of nitrogens with one attached hydrogen (secondary N) is 2. The van der Waals surface area contributed by atoms with Crippen LogP contribution < -0.4 is 10.9 Å². The van der Waals surface area contributed by atoms with E-state index in [2.05, 4.69) is 27.0 Å². The number of carbonyl (C=O) groups excluding carboxylic acids is 1. The molecule has 0 spiro atoms. The summed E-state index contributed by atoms with van der Waals surface area (Å²) in [6.07, 6.45) is 3.54. The molecule has 2 fully saturated rings. The van der Waals surface area contributed by atoms with Gasteiger partial charge in [0.05, 0.1) is 10.5 Å². The molecule has 2 aliphatic heterocycles. The van der Waals surface area contributed by atoms with Crippen LogP contribution in [0.2, 0.25) is 0 Å². The van der Waals surface area contributed by atoms with Gasteiger partial charge in [-0.05, 0) is 50.6 Å². The molecule has 4 rings (SSSR count). The molecule has 3 heterocycles. The van der Waals surface area contributed by atoms with Gasteiger partial charge in [-0.15, -0.1) is 0 Å². The quantitative estimate of drug-likeness (QED) is 0.544. The molecule has 2 aromatic rings. The second-order valence-corrected chi connectivity index (χ2v) is 11.0. The number of fused-ring (bicyclic) bond motifs is 1. The molecular weight excluding hydrogens is 454 g/mol. The number of hydrogen-bond acceptors (Lipinski definition) is 6. The van der Waals surface area contributed by atoms with Crippen molar-refractivity contribution in [3.05, 3.63) is 40.2 Å². The minimum Gasteiger partial charge on any atom is -0.352 e. The van der Waals surface area contributed by atoms with Crippen LogP contribution in [-0.4, -0.2) is 92.3 Å². The van der Waals surface area contributed by atoms with Crippen molar-refractivity contribution in [3.8, 4) is 0 Å². The SMILES string of the molecule is CCN1CCN(CCCNC(=O)c2cc(=O)[nH]c3ccc(S(=O)(=O)N4CCCCC4)cc23)CC1. The Labute approximate surface area is 201 Å². The number of piperazine rings is 1. The number of piperidine rings is 1. The summed E-state index contributed by atoms with van der Waals surface area (Å²) in [5, 5.41) is 3.35. The summed E-state index contributed by atoms with van der Waals surface area (Å²) in [5.41, 5.74) is 0.258. The van der Waals surface area contributed by atoms with Crippen molar-refractivity contribution in [3.63, 3.8) is 0 Å². The zero-order chi connectivity index (χ0) is 24.1. The highest BCUT2D eigenvalue weighted by atomic mass is 32.2. The summed E-state index contributed by atoms with van der Waals surface area (Å²) in [7, 11) is -3.64. The summed E-state index contributed by atoms with van der Waals surface area (Å²) in [6, 6.07) is 5.83. The molecule has 1 aromatic carbocycles. The van der Waals surface area contributed by atoms with Crippen LogP contribution in [0.15, 0.2) is 34.0 Å². The molecule has 186 valence electrons. The molecule has 0 unspecified atom stereocenters. The molecule has 10 heteroatoms. The average molecular weight is 490 g/mol. The third kappa shape index (κ3) is 5.68. The molecule has 34 heavy (non-hydrogen) atoms. The van der Waals surface area contributed by atoms with Crippen molar-refractivity contribution in [2.75, 3.05) is 58.9 Å². The first-order chi connectivity index (χ1) is 16.4. The minimum absolute atomic E-state index is 0.147. The van der Waals surface area contributed by atoms with Gasteiger partial charge < -0.3 is 20.1 Å². The molecule has 0 aliphatic carbocycles. The fourth-order valence-electron chi connectivity index (χ4n) is 4.76. The van der Waals surface area contributed by atoms with Gasteiger partial charge >= 0.3 is 0 Å². The van der Waals surface area contributed by atoms with E-state index in [1.54, 1.807) is 6.07 Å². The van der Waals surface area contributed by atoms with Crippen LogP contribution in [0.25, 0.3) is 10.9 Å². The van der Waals surface area contributed by atoms with E-state index in [0.29, 0.717) is 30.5 Å².